The molecule has 19 heavy (non-hydrogen) atoms. The third-order valence-corrected chi connectivity index (χ3v) is 3.97. The van der Waals surface area contributed by atoms with Crippen LogP contribution in [0.2, 0.25) is 0 Å². The van der Waals surface area contributed by atoms with Gasteiger partial charge in [-0.25, -0.2) is 13.6 Å². The second kappa shape index (κ2) is 5.52. The molecule has 0 aliphatic heterocycles. The number of aliphatic hydroxyl groups excluding tert-OH is 1. The first kappa shape index (κ1) is 13.7. The van der Waals surface area contributed by atoms with Gasteiger partial charge < -0.3 is 5.11 Å². The van der Waals surface area contributed by atoms with Crippen LogP contribution in [0.5, 0.6) is 0 Å². The lowest BCUT2D eigenvalue weighted by molar-refractivity contribution is 0.279. The molecule has 0 aromatic heterocycles. The largest absolute Gasteiger partial charge is 0.395 e. The Hall–Kier alpha value is -1.69. The molecule has 5 heteroatoms. The summed E-state index contributed by atoms with van der Waals surface area (Å²) in [6.45, 7) is -0.184. The first-order valence-corrected chi connectivity index (χ1v) is 7.36. The zero-order valence-corrected chi connectivity index (χ0v) is 11.0. The minimum absolute atomic E-state index is 0.0536. The molecule has 0 spiro atoms. The molecule has 0 bridgehead atoms. The van der Waals surface area contributed by atoms with E-state index >= 15 is 0 Å². The lowest BCUT2D eigenvalue weighted by Gasteiger charge is -2.17. The van der Waals surface area contributed by atoms with E-state index in [1.54, 1.807) is 18.2 Å². The first-order chi connectivity index (χ1) is 9.04. The van der Waals surface area contributed by atoms with Crippen LogP contribution in [0, 0.1) is 0 Å². The van der Waals surface area contributed by atoms with E-state index in [4.69, 9.17) is 5.14 Å². The molecule has 0 radical (unpaired) electrons. The van der Waals surface area contributed by atoms with Crippen molar-refractivity contribution in [3.05, 3.63) is 65.7 Å². The quantitative estimate of drug-likeness (QED) is 0.887. The topological polar surface area (TPSA) is 80.4 Å². The number of benzene rings is 2. The Balaban J connectivity index is 2.57. The molecule has 0 aliphatic rings. The van der Waals surface area contributed by atoms with Crippen LogP contribution >= 0.6 is 0 Å². The highest BCUT2D eigenvalue weighted by atomic mass is 32.2. The van der Waals surface area contributed by atoms with E-state index in [1.165, 1.54) is 6.07 Å². The number of hydrogen-bond acceptors (Lipinski definition) is 3. The summed E-state index contributed by atoms with van der Waals surface area (Å²) < 4.78 is 23.2. The zero-order chi connectivity index (χ0) is 13.9. The first-order valence-electron chi connectivity index (χ1n) is 5.81. The average Bonchev–Trinajstić information content (AvgIpc) is 2.40. The van der Waals surface area contributed by atoms with Crippen molar-refractivity contribution >= 4 is 10.0 Å². The van der Waals surface area contributed by atoms with Crippen LogP contribution in [0.1, 0.15) is 17.0 Å². The molecule has 100 valence electrons. The SMILES string of the molecule is NS(=O)(=O)c1ccccc1[C@@H](CO)c1ccccc1. The molecule has 2 rings (SSSR count). The summed E-state index contributed by atoms with van der Waals surface area (Å²) in [5.74, 6) is -0.407. The van der Waals surface area contributed by atoms with Crippen molar-refractivity contribution in [3.63, 3.8) is 0 Å². The molecule has 0 unspecified atom stereocenters. The van der Waals surface area contributed by atoms with Crippen molar-refractivity contribution in [1.82, 2.24) is 0 Å². The van der Waals surface area contributed by atoms with E-state index in [1.807, 2.05) is 30.3 Å². The summed E-state index contributed by atoms with van der Waals surface area (Å²) in [5.41, 5.74) is 1.36. The smallest absolute Gasteiger partial charge is 0.238 e. The summed E-state index contributed by atoms with van der Waals surface area (Å²) in [6.07, 6.45) is 0. The fourth-order valence-electron chi connectivity index (χ4n) is 2.10. The summed E-state index contributed by atoms with van der Waals surface area (Å²) in [7, 11) is -3.81. The molecule has 2 aromatic rings. The number of rotatable bonds is 4. The highest BCUT2D eigenvalue weighted by Crippen LogP contribution is 2.28. The van der Waals surface area contributed by atoms with Crippen LogP contribution in [-0.4, -0.2) is 20.1 Å². The molecular weight excluding hydrogens is 262 g/mol. The Morgan fingerprint density at radius 3 is 2.16 bits per heavy atom. The van der Waals surface area contributed by atoms with Crippen LogP contribution in [0.15, 0.2) is 59.5 Å². The summed E-state index contributed by atoms with van der Waals surface area (Å²) in [5, 5.41) is 14.8. The third kappa shape index (κ3) is 3.01. The Bertz CT molecular complexity index is 653. The highest BCUT2D eigenvalue weighted by molar-refractivity contribution is 7.89. The van der Waals surface area contributed by atoms with E-state index in [0.717, 1.165) is 5.56 Å². The van der Waals surface area contributed by atoms with Gasteiger partial charge in [-0.05, 0) is 17.2 Å². The van der Waals surface area contributed by atoms with E-state index in [-0.39, 0.29) is 11.5 Å². The monoisotopic (exact) mass is 277 g/mol. The number of aliphatic hydroxyl groups is 1. The lowest BCUT2D eigenvalue weighted by atomic mass is 9.92. The molecule has 0 amide bonds. The van der Waals surface area contributed by atoms with Gasteiger partial charge in [0.15, 0.2) is 0 Å². The van der Waals surface area contributed by atoms with Gasteiger partial charge in [0, 0.05) is 5.92 Å². The molecule has 0 aliphatic carbocycles. The van der Waals surface area contributed by atoms with Crippen LogP contribution in [0.3, 0.4) is 0 Å². The van der Waals surface area contributed by atoms with E-state index in [0.29, 0.717) is 5.56 Å². The van der Waals surface area contributed by atoms with Crippen LogP contribution < -0.4 is 5.14 Å². The molecule has 1 atom stereocenters. The van der Waals surface area contributed by atoms with Gasteiger partial charge in [-0.1, -0.05) is 48.5 Å². The minimum Gasteiger partial charge on any atom is -0.395 e. The van der Waals surface area contributed by atoms with Gasteiger partial charge in [-0.2, -0.15) is 0 Å². The predicted octanol–water partition coefficient (Wildman–Crippen LogP) is 1.46. The number of primary sulfonamides is 1. The van der Waals surface area contributed by atoms with Gasteiger partial charge in [0.25, 0.3) is 0 Å². The van der Waals surface area contributed by atoms with Crippen LogP contribution in [-0.2, 0) is 10.0 Å². The third-order valence-electron chi connectivity index (χ3n) is 2.99. The van der Waals surface area contributed by atoms with Crippen molar-refractivity contribution in [1.29, 1.82) is 0 Å². The maximum absolute atomic E-state index is 11.6. The minimum atomic E-state index is -3.81. The molecule has 0 heterocycles. The summed E-state index contributed by atoms with van der Waals surface area (Å²) >= 11 is 0. The fourth-order valence-corrected chi connectivity index (χ4v) is 2.90. The maximum atomic E-state index is 11.6. The molecule has 0 saturated carbocycles. The number of sulfonamides is 1. The van der Waals surface area contributed by atoms with Gasteiger partial charge in [-0.15, -0.1) is 0 Å². The van der Waals surface area contributed by atoms with Crippen molar-refractivity contribution in [2.45, 2.75) is 10.8 Å². The molecule has 0 fully saturated rings. The molecule has 4 nitrogen and oxygen atoms in total. The lowest BCUT2D eigenvalue weighted by Crippen LogP contribution is -2.17. The Morgan fingerprint density at radius 2 is 1.58 bits per heavy atom. The van der Waals surface area contributed by atoms with Gasteiger partial charge in [0.2, 0.25) is 10.0 Å². The molecule has 0 saturated heterocycles. The maximum Gasteiger partial charge on any atom is 0.238 e. The van der Waals surface area contributed by atoms with Gasteiger partial charge in [0.1, 0.15) is 0 Å². The number of hydrogen-bond donors (Lipinski definition) is 2. The van der Waals surface area contributed by atoms with Crippen molar-refractivity contribution in [3.8, 4) is 0 Å². The molecular formula is C14H15NO3S. The molecule has 2 aromatic carbocycles. The standard InChI is InChI=1S/C14H15NO3S/c15-19(17,18)14-9-5-4-8-12(14)13(10-16)11-6-2-1-3-7-11/h1-9,13,16H,10H2,(H2,15,17,18)/t13-/m0/s1. The second-order valence-electron chi connectivity index (χ2n) is 4.23. The predicted molar refractivity (Wildman–Crippen MR) is 73.2 cm³/mol. The normalized spacial score (nSPS) is 13.2. The van der Waals surface area contributed by atoms with Crippen LogP contribution in [0.25, 0.3) is 0 Å². The van der Waals surface area contributed by atoms with E-state index in [2.05, 4.69) is 0 Å². The van der Waals surface area contributed by atoms with Crippen molar-refractivity contribution in [2.24, 2.45) is 5.14 Å². The number of nitrogens with two attached hydrogens (primary N) is 1. The Labute approximate surface area is 112 Å². The summed E-state index contributed by atoms with van der Waals surface area (Å²) in [6, 6.07) is 15.7. The van der Waals surface area contributed by atoms with E-state index in [9.17, 15) is 13.5 Å². The van der Waals surface area contributed by atoms with Crippen LogP contribution in [0.4, 0.5) is 0 Å². The van der Waals surface area contributed by atoms with E-state index < -0.39 is 15.9 Å². The van der Waals surface area contributed by atoms with Gasteiger partial charge >= 0.3 is 0 Å². The molecule has 3 N–H and O–H groups in total. The average molecular weight is 277 g/mol. The Morgan fingerprint density at radius 1 is 1.00 bits per heavy atom. The van der Waals surface area contributed by atoms with Gasteiger partial charge in [-0.3, -0.25) is 0 Å². The highest BCUT2D eigenvalue weighted by Gasteiger charge is 2.21. The van der Waals surface area contributed by atoms with Crippen molar-refractivity contribution in [2.75, 3.05) is 6.61 Å². The summed E-state index contributed by atoms with van der Waals surface area (Å²) in [4.78, 5) is 0.0536. The Kier molecular flexibility index (Phi) is 3.99. The van der Waals surface area contributed by atoms with Gasteiger partial charge in [0.05, 0.1) is 11.5 Å². The van der Waals surface area contributed by atoms with Crippen molar-refractivity contribution < 1.29 is 13.5 Å². The zero-order valence-electron chi connectivity index (χ0n) is 10.2. The second-order valence-corrected chi connectivity index (χ2v) is 5.76. The fraction of sp³-hybridized carbons (Fsp3) is 0.143.